The zero-order valence-corrected chi connectivity index (χ0v) is 8.86. The third-order valence-electron chi connectivity index (χ3n) is 2.42. The van der Waals surface area contributed by atoms with Gasteiger partial charge >= 0.3 is 0 Å². The standard InChI is InChI=1S/C10H22O3/c1-4-8(5-2)10(12)9(11)7-13-6-3/h8-12H,4-7H2,1-3H3. The minimum Gasteiger partial charge on any atom is -0.390 e. The molecule has 13 heavy (non-hydrogen) atoms. The molecule has 0 aromatic carbocycles. The number of aliphatic hydroxyl groups is 2. The van der Waals surface area contributed by atoms with Crippen molar-refractivity contribution in [3.63, 3.8) is 0 Å². The van der Waals surface area contributed by atoms with Gasteiger partial charge in [-0.3, -0.25) is 0 Å². The van der Waals surface area contributed by atoms with E-state index in [1.807, 2.05) is 20.8 Å². The second-order valence-corrected chi connectivity index (χ2v) is 3.29. The van der Waals surface area contributed by atoms with Crippen molar-refractivity contribution in [1.82, 2.24) is 0 Å². The molecule has 0 aromatic heterocycles. The van der Waals surface area contributed by atoms with Gasteiger partial charge in [0.05, 0.1) is 12.7 Å². The van der Waals surface area contributed by atoms with Crippen LogP contribution in [0.15, 0.2) is 0 Å². The molecule has 0 aliphatic rings. The van der Waals surface area contributed by atoms with Crippen molar-refractivity contribution in [3.8, 4) is 0 Å². The molecule has 0 bridgehead atoms. The molecule has 0 aliphatic heterocycles. The van der Waals surface area contributed by atoms with Crippen molar-refractivity contribution in [2.45, 2.75) is 45.8 Å². The monoisotopic (exact) mass is 190 g/mol. The Hall–Kier alpha value is -0.120. The van der Waals surface area contributed by atoms with Crippen LogP contribution in [0.25, 0.3) is 0 Å². The van der Waals surface area contributed by atoms with Crippen LogP contribution in [0, 0.1) is 5.92 Å². The van der Waals surface area contributed by atoms with Gasteiger partial charge in [-0.15, -0.1) is 0 Å². The Morgan fingerprint density at radius 3 is 2.00 bits per heavy atom. The Morgan fingerprint density at radius 2 is 1.62 bits per heavy atom. The highest BCUT2D eigenvalue weighted by atomic mass is 16.5. The summed E-state index contributed by atoms with van der Waals surface area (Å²) in [7, 11) is 0. The highest BCUT2D eigenvalue weighted by Gasteiger charge is 2.23. The fraction of sp³-hybridized carbons (Fsp3) is 1.00. The number of rotatable bonds is 7. The highest BCUT2D eigenvalue weighted by molar-refractivity contribution is 4.73. The molecule has 0 aromatic rings. The van der Waals surface area contributed by atoms with Crippen molar-refractivity contribution >= 4 is 0 Å². The molecule has 0 saturated carbocycles. The van der Waals surface area contributed by atoms with E-state index in [9.17, 15) is 10.2 Å². The smallest absolute Gasteiger partial charge is 0.103 e. The van der Waals surface area contributed by atoms with Gasteiger partial charge in [0, 0.05) is 6.61 Å². The zero-order valence-electron chi connectivity index (χ0n) is 8.86. The van der Waals surface area contributed by atoms with E-state index < -0.39 is 12.2 Å². The van der Waals surface area contributed by atoms with Crippen LogP contribution in [0.5, 0.6) is 0 Å². The summed E-state index contributed by atoms with van der Waals surface area (Å²) in [5.41, 5.74) is 0. The molecule has 2 unspecified atom stereocenters. The maximum atomic E-state index is 9.67. The maximum absolute atomic E-state index is 9.67. The average Bonchev–Trinajstić information content (AvgIpc) is 2.15. The summed E-state index contributed by atoms with van der Waals surface area (Å²) in [5, 5.41) is 19.2. The Labute approximate surface area is 80.7 Å². The number of hydrogen-bond acceptors (Lipinski definition) is 3. The fourth-order valence-corrected chi connectivity index (χ4v) is 1.42. The summed E-state index contributed by atoms with van der Waals surface area (Å²) in [5.74, 6) is 0.176. The second kappa shape index (κ2) is 7.30. The Balaban J connectivity index is 3.83. The fourth-order valence-electron chi connectivity index (χ4n) is 1.42. The molecule has 0 amide bonds. The summed E-state index contributed by atoms with van der Waals surface area (Å²) < 4.78 is 5.05. The molecule has 2 atom stereocenters. The molecule has 0 aliphatic carbocycles. The molecular weight excluding hydrogens is 168 g/mol. The van der Waals surface area contributed by atoms with Crippen LogP contribution in [-0.2, 0) is 4.74 Å². The molecule has 0 spiro atoms. The van der Waals surface area contributed by atoms with E-state index in [-0.39, 0.29) is 12.5 Å². The Kier molecular flexibility index (Phi) is 7.23. The summed E-state index contributed by atoms with van der Waals surface area (Å²) in [4.78, 5) is 0. The van der Waals surface area contributed by atoms with E-state index in [1.165, 1.54) is 0 Å². The van der Waals surface area contributed by atoms with Gasteiger partial charge in [0.2, 0.25) is 0 Å². The molecule has 80 valence electrons. The van der Waals surface area contributed by atoms with Gasteiger partial charge in [0.15, 0.2) is 0 Å². The number of aliphatic hydroxyl groups excluding tert-OH is 2. The molecular formula is C10H22O3. The van der Waals surface area contributed by atoms with Crippen molar-refractivity contribution < 1.29 is 14.9 Å². The molecule has 3 heteroatoms. The Morgan fingerprint density at radius 1 is 1.08 bits per heavy atom. The highest BCUT2D eigenvalue weighted by Crippen LogP contribution is 2.16. The largest absolute Gasteiger partial charge is 0.390 e. The van der Waals surface area contributed by atoms with Crippen LogP contribution < -0.4 is 0 Å². The molecule has 3 nitrogen and oxygen atoms in total. The van der Waals surface area contributed by atoms with Crippen LogP contribution in [-0.4, -0.2) is 35.6 Å². The summed E-state index contributed by atoms with van der Waals surface area (Å²) in [6.07, 6.45) is 0.383. The lowest BCUT2D eigenvalue weighted by Gasteiger charge is -2.24. The summed E-state index contributed by atoms with van der Waals surface area (Å²) in [6.45, 7) is 6.71. The minimum atomic E-state index is -0.746. The lowest BCUT2D eigenvalue weighted by atomic mass is 9.93. The lowest BCUT2D eigenvalue weighted by molar-refractivity contribution is -0.0604. The van der Waals surface area contributed by atoms with E-state index in [0.29, 0.717) is 6.61 Å². The topological polar surface area (TPSA) is 49.7 Å². The van der Waals surface area contributed by atoms with Gasteiger partial charge in [0.25, 0.3) is 0 Å². The number of ether oxygens (including phenoxy) is 1. The zero-order chi connectivity index (χ0) is 10.3. The van der Waals surface area contributed by atoms with E-state index >= 15 is 0 Å². The first kappa shape index (κ1) is 12.9. The van der Waals surface area contributed by atoms with Gasteiger partial charge in [-0.05, 0) is 12.8 Å². The SMILES string of the molecule is CCOCC(O)C(O)C(CC)CC. The Bertz CT molecular complexity index is 113. The van der Waals surface area contributed by atoms with Gasteiger partial charge in [0.1, 0.15) is 6.10 Å². The van der Waals surface area contributed by atoms with Crippen LogP contribution in [0.4, 0.5) is 0 Å². The molecule has 0 fully saturated rings. The summed E-state index contributed by atoms with van der Waals surface area (Å²) in [6, 6.07) is 0. The van der Waals surface area contributed by atoms with E-state index in [4.69, 9.17) is 4.74 Å². The van der Waals surface area contributed by atoms with E-state index in [2.05, 4.69) is 0 Å². The van der Waals surface area contributed by atoms with Gasteiger partial charge in [-0.2, -0.15) is 0 Å². The third-order valence-corrected chi connectivity index (χ3v) is 2.42. The maximum Gasteiger partial charge on any atom is 0.103 e. The first-order chi connectivity index (χ1) is 6.17. The summed E-state index contributed by atoms with van der Waals surface area (Å²) >= 11 is 0. The predicted molar refractivity (Wildman–Crippen MR) is 52.6 cm³/mol. The second-order valence-electron chi connectivity index (χ2n) is 3.29. The van der Waals surface area contributed by atoms with Crippen molar-refractivity contribution in [1.29, 1.82) is 0 Å². The van der Waals surface area contributed by atoms with E-state index in [0.717, 1.165) is 12.8 Å². The molecule has 0 rings (SSSR count). The van der Waals surface area contributed by atoms with Gasteiger partial charge in [-0.1, -0.05) is 26.7 Å². The quantitative estimate of drug-likeness (QED) is 0.634. The lowest BCUT2D eigenvalue weighted by Crippen LogP contribution is -2.36. The molecule has 0 heterocycles. The molecule has 0 saturated heterocycles. The molecule has 2 N–H and O–H groups in total. The van der Waals surface area contributed by atoms with Crippen LogP contribution >= 0.6 is 0 Å². The van der Waals surface area contributed by atoms with Crippen LogP contribution in [0.1, 0.15) is 33.6 Å². The molecule has 0 radical (unpaired) electrons. The van der Waals surface area contributed by atoms with Crippen LogP contribution in [0.3, 0.4) is 0 Å². The number of hydrogen-bond donors (Lipinski definition) is 2. The van der Waals surface area contributed by atoms with Crippen molar-refractivity contribution in [2.75, 3.05) is 13.2 Å². The predicted octanol–water partition coefficient (Wildman–Crippen LogP) is 1.18. The van der Waals surface area contributed by atoms with Crippen molar-refractivity contribution in [3.05, 3.63) is 0 Å². The van der Waals surface area contributed by atoms with Crippen molar-refractivity contribution in [2.24, 2.45) is 5.92 Å². The minimum absolute atomic E-state index is 0.176. The third kappa shape index (κ3) is 4.60. The van der Waals surface area contributed by atoms with Gasteiger partial charge < -0.3 is 14.9 Å². The normalized spacial score (nSPS) is 16.2. The first-order valence-corrected chi connectivity index (χ1v) is 5.11. The first-order valence-electron chi connectivity index (χ1n) is 5.11. The van der Waals surface area contributed by atoms with Crippen LogP contribution in [0.2, 0.25) is 0 Å². The van der Waals surface area contributed by atoms with Gasteiger partial charge in [-0.25, -0.2) is 0 Å². The van der Waals surface area contributed by atoms with E-state index in [1.54, 1.807) is 0 Å². The average molecular weight is 190 g/mol.